The van der Waals surface area contributed by atoms with Crippen LogP contribution in [0, 0.1) is 6.92 Å². The summed E-state index contributed by atoms with van der Waals surface area (Å²) in [5.74, 6) is 0. The summed E-state index contributed by atoms with van der Waals surface area (Å²) in [6, 6.07) is 5.93. The fourth-order valence-electron chi connectivity index (χ4n) is 2.14. The fraction of sp³-hybridized carbons (Fsp3) is 0.500. The third-order valence-electron chi connectivity index (χ3n) is 3.53. The number of hydrogen-bond donors (Lipinski definition) is 1. The molecule has 1 heterocycles. The topological polar surface area (TPSA) is 18.5 Å². The van der Waals surface area contributed by atoms with Crippen LogP contribution in [0.4, 0.5) is 5.69 Å². The molecule has 0 spiro atoms. The molecule has 1 aliphatic rings. The minimum absolute atomic E-state index is 0.767. The highest BCUT2D eigenvalue weighted by atomic mass is 35.5. The van der Waals surface area contributed by atoms with Crippen molar-refractivity contribution in [2.45, 2.75) is 13.8 Å². The Morgan fingerprint density at radius 1 is 1.32 bits per heavy atom. The summed E-state index contributed by atoms with van der Waals surface area (Å²) in [4.78, 5) is 4.65. The maximum Gasteiger partial charge on any atom is 0.173 e. The molecule has 3 nitrogen and oxygen atoms in total. The Morgan fingerprint density at radius 2 is 2.00 bits per heavy atom. The molecule has 1 saturated heterocycles. The molecule has 0 aromatic heterocycles. The molecule has 0 amide bonds. The molecular formula is C14H20ClN3S. The first-order valence-corrected chi connectivity index (χ1v) is 7.43. The molecule has 0 atom stereocenters. The van der Waals surface area contributed by atoms with Crippen LogP contribution >= 0.6 is 23.8 Å². The van der Waals surface area contributed by atoms with Crippen molar-refractivity contribution in [2.75, 3.05) is 38.0 Å². The molecule has 1 fully saturated rings. The lowest BCUT2D eigenvalue weighted by atomic mass is 10.2. The molecule has 2 rings (SSSR count). The lowest BCUT2D eigenvalue weighted by Crippen LogP contribution is -2.49. The first-order valence-electron chi connectivity index (χ1n) is 6.64. The van der Waals surface area contributed by atoms with E-state index in [0.29, 0.717) is 0 Å². The van der Waals surface area contributed by atoms with E-state index in [0.717, 1.165) is 54.1 Å². The van der Waals surface area contributed by atoms with E-state index in [1.165, 1.54) is 0 Å². The summed E-state index contributed by atoms with van der Waals surface area (Å²) in [5.41, 5.74) is 2.04. The predicted molar refractivity (Wildman–Crippen MR) is 86.1 cm³/mol. The SMILES string of the molecule is CCN1CCN(C(=S)Nc2ccc(C)c(Cl)c2)CC1. The first-order chi connectivity index (χ1) is 9.10. The van der Waals surface area contributed by atoms with E-state index in [1.807, 2.05) is 25.1 Å². The summed E-state index contributed by atoms with van der Waals surface area (Å²) in [7, 11) is 0. The van der Waals surface area contributed by atoms with Crippen molar-refractivity contribution in [2.24, 2.45) is 0 Å². The van der Waals surface area contributed by atoms with Crippen molar-refractivity contribution >= 4 is 34.6 Å². The second kappa shape index (κ2) is 6.55. The van der Waals surface area contributed by atoms with Gasteiger partial charge in [-0.25, -0.2) is 0 Å². The van der Waals surface area contributed by atoms with Crippen LogP contribution in [0.15, 0.2) is 18.2 Å². The van der Waals surface area contributed by atoms with Crippen LogP contribution in [-0.4, -0.2) is 47.6 Å². The summed E-state index contributed by atoms with van der Waals surface area (Å²) in [5, 5.41) is 4.82. The molecule has 5 heteroatoms. The zero-order valence-corrected chi connectivity index (χ0v) is 13.0. The van der Waals surface area contributed by atoms with Gasteiger partial charge in [0.2, 0.25) is 0 Å². The zero-order valence-electron chi connectivity index (χ0n) is 11.4. The van der Waals surface area contributed by atoms with Gasteiger partial charge in [0.15, 0.2) is 5.11 Å². The molecule has 1 aromatic carbocycles. The van der Waals surface area contributed by atoms with Crippen LogP contribution in [0.5, 0.6) is 0 Å². The fourth-order valence-corrected chi connectivity index (χ4v) is 2.62. The number of nitrogens with one attached hydrogen (secondary N) is 1. The number of rotatable bonds is 2. The van der Waals surface area contributed by atoms with E-state index in [2.05, 4.69) is 22.0 Å². The van der Waals surface area contributed by atoms with Gasteiger partial charge < -0.3 is 15.1 Å². The first kappa shape index (κ1) is 14.6. The third-order valence-corrected chi connectivity index (χ3v) is 4.30. The van der Waals surface area contributed by atoms with Crippen molar-refractivity contribution in [1.29, 1.82) is 0 Å². The Kier molecular flexibility index (Phi) is 5.02. The molecule has 1 aromatic rings. The second-order valence-electron chi connectivity index (χ2n) is 4.82. The largest absolute Gasteiger partial charge is 0.346 e. The molecule has 0 unspecified atom stereocenters. The number of benzene rings is 1. The predicted octanol–water partition coefficient (Wildman–Crippen LogP) is 2.98. The van der Waals surface area contributed by atoms with Gasteiger partial charge in [0.05, 0.1) is 0 Å². The molecule has 0 saturated carbocycles. The molecule has 104 valence electrons. The number of anilines is 1. The Morgan fingerprint density at radius 3 is 2.58 bits per heavy atom. The van der Waals surface area contributed by atoms with Crippen LogP contribution < -0.4 is 5.32 Å². The summed E-state index contributed by atoms with van der Waals surface area (Å²) >= 11 is 11.6. The van der Waals surface area contributed by atoms with Crippen molar-refractivity contribution in [3.8, 4) is 0 Å². The minimum atomic E-state index is 0.767. The standard InChI is InChI=1S/C14H20ClN3S/c1-3-17-6-8-18(9-7-17)14(19)16-12-5-4-11(2)13(15)10-12/h4-5,10H,3,6-9H2,1-2H3,(H,16,19). The molecule has 0 bridgehead atoms. The number of piperazine rings is 1. The lowest BCUT2D eigenvalue weighted by molar-refractivity contribution is 0.191. The van der Waals surface area contributed by atoms with Crippen LogP contribution in [-0.2, 0) is 0 Å². The number of nitrogens with zero attached hydrogens (tertiary/aromatic N) is 2. The lowest BCUT2D eigenvalue weighted by Gasteiger charge is -2.35. The van der Waals surface area contributed by atoms with E-state index < -0.39 is 0 Å². The van der Waals surface area contributed by atoms with Gasteiger partial charge in [0.1, 0.15) is 0 Å². The maximum absolute atomic E-state index is 6.12. The highest BCUT2D eigenvalue weighted by Gasteiger charge is 2.17. The Balaban J connectivity index is 1.92. The Bertz CT molecular complexity index is 456. The molecule has 0 radical (unpaired) electrons. The van der Waals surface area contributed by atoms with Gasteiger partial charge in [-0.2, -0.15) is 0 Å². The smallest absolute Gasteiger partial charge is 0.173 e. The quantitative estimate of drug-likeness (QED) is 0.846. The molecule has 1 N–H and O–H groups in total. The van der Waals surface area contributed by atoms with E-state index in [-0.39, 0.29) is 0 Å². The van der Waals surface area contributed by atoms with E-state index >= 15 is 0 Å². The Hall–Kier alpha value is -0.840. The van der Waals surface area contributed by atoms with Crippen molar-refractivity contribution in [3.05, 3.63) is 28.8 Å². The molecule has 19 heavy (non-hydrogen) atoms. The average Bonchev–Trinajstić information content (AvgIpc) is 2.43. The van der Waals surface area contributed by atoms with Crippen LogP contribution in [0.25, 0.3) is 0 Å². The van der Waals surface area contributed by atoms with Crippen LogP contribution in [0.2, 0.25) is 5.02 Å². The number of hydrogen-bond acceptors (Lipinski definition) is 2. The van der Waals surface area contributed by atoms with Crippen LogP contribution in [0.3, 0.4) is 0 Å². The van der Waals surface area contributed by atoms with E-state index in [1.54, 1.807) is 0 Å². The monoisotopic (exact) mass is 297 g/mol. The summed E-state index contributed by atoms with van der Waals surface area (Å²) in [6.07, 6.45) is 0. The third kappa shape index (κ3) is 3.81. The number of thiocarbonyl (C=S) groups is 1. The molecule has 1 aliphatic heterocycles. The van der Waals surface area contributed by atoms with Gasteiger partial charge in [-0.05, 0) is 43.4 Å². The zero-order chi connectivity index (χ0) is 13.8. The van der Waals surface area contributed by atoms with Crippen molar-refractivity contribution in [3.63, 3.8) is 0 Å². The van der Waals surface area contributed by atoms with Crippen molar-refractivity contribution < 1.29 is 0 Å². The van der Waals surface area contributed by atoms with E-state index in [9.17, 15) is 0 Å². The number of likely N-dealkylation sites (N-methyl/N-ethyl adjacent to an activating group) is 1. The Labute approximate surface area is 125 Å². The van der Waals surface area contributed by atoms with E-state index in [4.69, 9.17) is 23.8 Å². The van der Waals surface area contributed by atoms with Crippen LogP contribution in [0.1, 0.15) is 12.5 Å². The van der Waals surface area contributed by atoms with Gasteiger partial charge in [0, 0.05) is 36.9 Å². The summed E-state index contributed by atoms with van der Waals surface area (Å²) in [6.45, 7) is 9.43. The molecular weight excluding hydrogens is 278 g/mol. The highest BCUT2D eigenvalue weighted by Crippen LogP contribution is 2.20. The van der Waals surface area contributed by atoms with Gasteiger partial charge in [-0.3, -0.25) is 0 Å². The minimum Gasteiger partial charge on any atom is -0.346 e. The summed E-state index contributed by atoms with van der Waals surface area (Å²) < 4.78 is 0. The van der Waals surface area contributed by atoms with Gasteiger partial charge in [0.25, 0.3) is 0 Å². The molecule has 0 aliphatic carbocycles. The van der Waals surface area contributed by atoms with Crippen molar-refractivity contribution in [1.82, 2.24) is 9.80 Å². The normalized spacial score (nSPS) is 16.5. The number of halogens is 1. The average molecular weight is 298 g/mol. The highest BCUT2D eigenvalue weighted by molar-refractivity contribution is 7.80. The second-order valence-corrected chi connectivity index (χ2v) is 5.61. The van der Waals surface area contributed by atoms with Gasteiger partial charge >= 0.3 is 0 Å². The van der Waals surface area contributed by atoms with Gasteiger partial charge in [-0.1, -0.05) is 24.6 Å². The number of aryl methyl sites for hydroxylation is 1. The maximum atomic E-state index is 6.12. The van der Waals surface area contributed by atoms with Gasteiger partial charge in [-0.15, -0.1) is 0 Å².